The summed E-state index contributed by atoms with van der Waals surface area (Å²) in [5, 5.41) is 3.91. The van der Waals surface area contributed by atoms with E-state index in [0.717, 1.165) is 9.13 Å². The second-order valence-corrected chi connectivity index (χ2v) is 5.47. The number of ether oxygens (including phenoxy) is 2. The van der Waals surface area contributed by atoms with Crippen molar-refractivity contribution in [3.8, 4) is 11.5 Å². The average Bonchev–Trinajstić information content (AvgIpc) is 3.08. The fourth-order valence-electron chi connectivity index (χ4n) is 1.72. The van der Waals surface area contributed by atoms with Gasteiger partial charge in [0.15, 0.2) is 17.3 Å². The molecule has 1 aromatic heterocycles. The lowest BCUT2D eigenvalue weighted by atomic mass is 10.2. The summed E-state index contributed by atoms with van der Waals surface area (Å²) < 4.78 is 16.7. The van der Waals surface area contributed by atoms with E-state index in [1.165, 1.54) is 12.5 Å². The Hall–Kier alpha value is -2.29. The Bertz CT molecular complexity index is 711. The Morgan fingerprint density at radius 3 is 3.00 bits per heavy atom. The number of nitrogens with one attached hydrogen (secondary N) is 1. The zero-order chi connectivity index (χ0) is 16.7. The third-order valence-corrected chi connectivity index (χ3v) is 3.52. The van der Waals surface area contributed by atoms with Crippen molar-refractivity contribution in [3.63, 3.8) is 0 Å². The van der Waals surface area contributed by atoms with Crippen LogP contribution in [0.5, 0.6) is 11.5 Å². The number of benzene rings is 1. The van der Waals surface area contributed by atoms with Gasteiger partial charge in [0, 0.05) is 0 Å². The number of halogens is 1. The van der Waals surface area contributed by atoms with E-state index in [2.05, 4.69) is 39.7 Å². The second kappa shape index (κ2) is 8.37. The second-order valence-electron chi connectivity index (χ2n) is 4.31. The zero-order valence-corrected chi connectivity index (χ0v) is 14.6. The number of hydrogen-bond acceptors (Lipinski definition) is 5. The van der Waals surface area contributed by atoms with E-state index in [0.29, 0.717) is 18.1 Å². The summed E-state index contributed by atoms with van der Waals surface area (Å²) in [5.74, 6) is 1.00. The van der Waals surface area contributed by atoms with Gasteiger partial charge < -0.3 is 13.9 Å². The molecule has 0 aliphatic heterocycles. The van der Waals surface area contributed by atoms with Crippen molar-refractivity contribution in [2.24, 2.45) is 5.10 Å². The molecule has 0 aliphatic rings. The Kier molecular flexibility index (Phi) is 6.21. The summed E-state index contributed by atoms with van der Waals surface area (Å²) in [6.07, 6.45) is 4.60. The Morgan fingerprint density at radius 1 is 1.52 bits per heavy atom. The molecule has 0 fully saturated rings. The molecule has 1 amide bonds. The Balaban J connectivity index is 2.10. The molecule has 0 saturated heterocycles. The van der Waals surface area contributed by atoms with Gasteiger partial charge in [-0.15, -0.1) is 0 Å². The fourth-order valence-corrected chi connectivity index (χ4v) is 2.51. The molecular formula is C16H15IN2O4. The minimum atomic E-state index is -0.418. The molecule has 0 atom stereocenters. The highest BCUT2D eigenvalue weighted by Crippen LogP contribution is 2.33. The molecule has 1 heterocycles. The highest BCUT2D eigenvalue weighted by molar-refractivity contribution is 14.1. The quantitative estimate of drug-likeness (QED) is 0.320. The van der Waals surface area contributed by atoms with Crippen molar-refractivity contribution in [2.45, 2.75) is 0 Å². The standard InChI is InChI=1S/C16H15IN2O4/c1-3-6-23-15-12(17)8-11(9-14(15)21-2)10-18-19-16(20)13-5-4-7-22-13/h3-5,7-10H,1,6H2,2H3,(H,19,20)/b18-10-. The number of amides is 1. The number of hydrazone groups is 1. The topological polar surface area (TPSA) is 73.1 Å². The molecule has 1 aromatic carbocycles. The van der Waals surface area contributed by atoms with Crippen LogP contribution in [0.2, 0.25) is 0 Å². The first-order valence-corrected chi connectivity index (χ1v) is 7.71. The van der Waals surface area contributed by atoms with Crippen LogP contribution in [0.15, 0.2) is 52.7 Å². The fraction of sp³-hybridized carbons (Fsp3) is 0.125. The molecule has 7 heteroatoms. The number of furan rings is 1. The number of carbonyl (C=O) groups excluding carboxylic acids is 1. The van der Waals surface area contributed by atoms with Gasteiger partial charge in [-0.1, -0.05) is 12.7 Å². The maximum Gasteiger partial charge on any atom is 0.307 e. The molecule has 0 saturated carbocycles. The van der Waals surface area contributed by atoms with Gasteiger partial charge in [-0.2, -0.15) is 5.10 Å². The van der Waals surface area contributed by atoms with E-state index in [1.54, 1.807) is 31.4 Å². The molecule has 23 heavy (non-hydrogen) atoms. The largest absolute Gasteiger partial charge is 0.493 e. The highest BCUT2D eigenvalue weighted by Gasteiger charge is 2.11. The lowest BCUT2D eigenvalue weighted by Crippen LogP contribution is -2.16. The van der Waals surface area contributed by atoms with Crippen molar-refractivity contribution in [3.05, 3.63) is 58.1 Å². The highest BCUT2D eigenvalue weighted by atomic mass is 127. The predicted octanol–water partition coefficient (Wildman–Crippen LogP) is 3.22. The molecule has 120 valence electrons. The van der Waals surface area contributed by atoms with Gasteiger partial charge in [-0.25, -0.2) is 5.43 Å². The van der Waals surface area contributed by atoms with Gasteiger partial charge in [-0.3, -0.25) is 4.79 Å². The summed E-state index contributed by atoms with van der Waals surface area (Å²) in [5.41, 5.74) is 3.15. The van der Waals surface area contributed by atoms with Crippen LogP contribution in [0.4, 0.5) is 0 Å². The van der Waals surface area contributed by atoms with Crippen molar-refractivity contribution in [1.29, 1.82) is 0 Å². The van der Waals surface area contributed by atoms with Crippen molar-refractivity contribution < 1.29 is 18.7 Å². The van der Waals surface area contributed by atoms with Gasteiger partial charge in [0.05, 0.1) is 23.2 Å². The third-order valence-electron chi connectivity index (χ3n) is 2.72. The first kappa shape index (κ1) is 17.1. The Morgan fingerprint density at radius 2 is 2.35 bits per heavy atom. The van der Waals surface area contributed by atoms with E-state index in [4.69, 9.17) is 13.9 Å². The number of rotatable bonds is 7. The SMILES string of the molecule is C=CCOc1c(I)cc(/C=N\NC(=O)c2ccco2)cc1OC. The van der Waals surface area contributed by atoms with E-state index in [1.807, 2.05) is 6.07 Å². The van der Waals surface area contributed by atoms with E-state index in [-0.39, 0.29) is 5.76 Å². The van der Waals surface area contributed by atoms with Crippen LogP contribution < -0.4 is 14.9 Å². The van der Waals surface area contributed by atoms with Crippen LogP contribution in [0, 0.1) is 3.57 Å². The Labute approximate surface area is 147 Å². The molecule has 0 radical (unpaired) electrons. The first-order valence-electron chi connectivity index (χ1n) is 6.64. The molecule has 0 unspecified atom stereocenters. The van der Waals surface area contributed by atoms with Gasteiger partial charge in [0.1, 0.15) is 6.61 Å². The normalized spacial score (nSPS) is 10.5. The van der Waals surface area contributed by atoms with Crippen molar-refractivity contribution >= 4 is 34.7 Å². The van der Waals surface area contributed by atoms with Crippen molar-refractivity contribution in [1.82, 2.24) is 5.43 Å². The lowest BCUT2D eigenvalue weighted by molar-refractivity contribution is 0.0927. The van der Waals surface area contributed by atoms with E-state index in [9.17, 15) is 4.79 Å². The first-order chi connectivity index (χ1) is 11.2. The molecule has 2 aromatic rings. The number of hydrogen-bond donors (Lipinski definition) is 1. The minimum Gasteiger partial charge on any atom is -0.493 e. The minimum absolute atomic E-state index is 0.197. The lowest BCUT2D eigenvalue weighted by Gasteiger charge is -2.12. The molecule has 2 rings (SSSR count). The summed E-state index contributed by atoms with van der Waals surface area (Å²) in [6, 6.07) is 6.82. The number of carbonyl (C=O) groups is 1. The summed E-state index contributed by atoms with van der Waals surface area (Å²) in [6.45, 7) is 4.01. The van der Waals surface area contributed by atoms with E-state index < -0.39 is 5.91 Å². The van der Waals surface area contributed by atoms with Gasteiger partial charge >= 0.3 is 5.91 Å². The average molecular weight is 426 g/mol. The summed E-state index contributed by atoms with van der Waals surface area (Å²) in [7, 11) is 1.56. The van der Waals surface area contributed by atoms with Crippen LogP contribution in [0.3, 0.4) is 0 Å². The molecule has 0 bridgehead atoms. The molecule has 1 N–H and O–H groups in total. The smallest absolute Gasteiger partial charge is 0.307 e. The summed E-state index contributed by atoms with van der Waals surface area (Å²) >= 11 is 2.14. The van der Waals surface area contributed by atoms with Gasteiger partial charge in [0.25, 0.3) is 0 Å². The van der Waals surface area contributed by atoms with Crippen LogP contribution in [0.1, 0.15) is 16.1 Å². The van der Waals surface area contributed by atoms with Crippen molar-refractivity contribution in [2.75, 3.05) is 13.7 Å². The molecule has 6 nitrogen and oxygen atoms in total. The van der Waals surface area contributed by atoms with Crippen LogP contribution in [-0.2, 0) is 0 Å². The molecule has 0 spiro atoms. The zero-order valence-electron chi connectivity index (χ0n) is 12.4. The molecular weight excluding hydrogens is 411 g/mol. The van der Waals surface area contributed by atoms with Crippen LogP contribution in [0.25, 0.3) is 0 Å². The monoisotopic (exact) mass is 426 g/mol. The van der Waals surface area contributed by atoms with Gasteiger partial charge in [0.2, 0.25) is 0 Å². The summed E-state index contributed by atoms with van der Waals surface area (Å²) in [4.78, 5) is 11.7. The van der Waals surface area contributed by atoms with Crippen LogP contribution in [-0.4, -0.2) is 25.8 Å². The number of methoxy groups -OCH3 is 1. The maximum atomic E-state index is 11.7. The van der Waals surface area contributed by atoms with Crippen LogP contribution >= 0.6 is 22.6 Å². The number of nitrogens with zero attached hydrogens (tertiary/aromatic N) is 1. The third kappa shape index (κ3) is 4.59. The molecule has 0 aliphatic carbocycles. The predicted molar refractivity (Wildman–Crippen MR) is 95.2 cm³/mol. The van der Waals surface area contributed by atoms with E-state index >= 15 is 0 Å². The van der Waals surface area contributed by atoms with Gasteiger partial charge in [-0.05, 0) is 52.4 Å². The maximum absolute atomic E-state index is 11.7.